The van der Waals surface area contributed by atoms with Crippen LogP contribution in [0.3, 0.4) is 0 Å². The highest BCUT2D eigenvalue weighted by atomic mass is 16.2. The van der Waals surface area contributed by atoms with Crippen molar-refractivity contribution in [2.24, 2.45) is 0 Å². The monoisotopic (exact) mass is 273 g/mol. The summed E-state index contributed by atoms with van der Waals surface area (Å²) in [4.78, 5) is 36.6. The largest absolute Gasteiger partial charge is 0.384 e. The number of fused-ring (bicyclic) bond motifs is 1. The van der Waals surface area contributed by atoms with E-state index >= 15 is 0 Å². The van der Waals surface area contributed by atoms with Crippen molar-refractivity contribution in [3.05, 3.63) is 29.8 Å². The first-order valence-corrected chi connectivity index (χ1v) is 6.51. The van der Waals surface area contributed by atoms with E-state index in [0.717, 1.165) is 16.2 Å². The second-order valence-electron chi connectivity index (χ2n) is 5.08. The molecule has 6 nitrogen and oxygen atoms in total. The van der Waals surface area contributed by atoms with Crippen molar-refractivity contribution in [3.63, 3.8) is 0 Å². The van der Waals surface area contributed by atoms with Crippen LogP contribution in [-0.2, 0) is 14.4 Å². The molecule has 20 heavy (non-hydrogen) atoms. The van der Waals surface area contributed by atoms with Gasteiger partial charge in [-0.3, -0.25) is 19.3 Å². The Morgan fingerprint density at radius 3 is 2.80 bits per heavy atom. The van der Waals surface area contributed by atoms with E-state index in [9.17, 15) is 14.4 Å². The Kier molecular flexibility index (Phi) is 2.93. The van der Waals surface area contributed by atoms with Crippen molar-refractivity contribution < 1.29 is 14.4 Å². The molecule has 1 aromatic carbocycles. The number of hydrogen-bond acceptors (Lipinski definition) is 4. The average Bonchev–Trinajstić information content (AvgIpc) is 2.97. The zero-order valence-corrected chi connectivity index (χ0v) is 11.1. The van der Waals surface area contributed by atoms with E-state index < -0.39 is 6.04 Å². The second-order valence-corrected chi connectivity index (χ2v) is 5.08. The molecule has 2 aliphatic heterocycles. The Morgan fingerprint density at radius 2 is 2.10 bits per heavy atom. The summed E-state index contributed by atoms with van der Waals surface area (Å²) in [6, 6.07) is 6.87. The summed E-state index contributed by atoms with van der Waals surface area (Å²) in [5, 5.41) is 5.84. The minimum Gasteiger partial charge on any atom is -0.384 e. The Hall–Kier alpha value is -2.37. The molecule has 6 heteroatoms. The van der Waals surface area contributed by atoms with E-state index in [1.54, 1.807) is 0 Å². The number of amides is 3. The van der Waals surface area contributed by atoms with Crippen LogP contribution in [0, 0.1) is 0 Å². The molecule has 2 heterocycles. The van der Waals surface area contributed by atoms with Gasteiger partial charge in [-0.2, -0.15) is 0 Å². The number of likely N-dealkylation sites (N-methyl/N-ethyl adjacent to an activating group) is 1. The van der Waals surface area contributed by atoms with Crippen LogP contribution in [0.5, 0.6) is 0 Å². The molecule has 2 atom stereocenters. The third-order valence-electron chi connectivity index (χ3n) is 3.85. The van der Waals surface area contributed by atoms with Crippen LogP contribution in [-0.4, -0.2) is 42.3 Å². The maximum atomic E-state index is 12.3. The van der Waals surface area contributed by atoms with Crippen LogP contribution < -0.4 is 10.6 Å². The molecule has 1 saturated heterocycles. The van der Waals surface area contributed by atoms with Crippen LogP contribution in [0.1, 0.15) is 17.9 Å². The molecule has 1 fully saturated rings. The third-order valence-corrected chi connectivity index (χ3v) is 3.85. The fourth-order valence-corrected chi connectivity index (χ4v) is 2.66. The van der Waals surface area contributed by atoms with Crippen molar-refractivity contribution in [1.29, 1.82) is 0 Å². The predicted octanol–water partition coefficient (Wildman–Crippen LogP) is 0.0692. The molecule has 2 unspecified atom stereocenters. The van der Waals surface area contributed by atoms with E-state index in [1.807, 2.05) is 24.3 Å². The number of likely N-dealkylation sites (tertiary alicyclic amines) is 1. The maximum absolute atomic E-state index is 12.3. The molecule has 0 spiro atoms. The minimum absolute atomic E-state index is 0.0445. The molecule has 0 saturated carbocycles. The standard InChI is InChI=1S/C14H15N3O3/c1-17-12(18)6-11(14(17)20)16-13(19)9-7-15-10-5-3-2-4-8(9)10/h2-5,9,11,15H,6-7H2,1H3,(H,16,19). The van der Waals surface area contributed by atoms with Gasteiger partial charge in [0.05, 0.1) is 12.3 Å². The van der Waals surface area contributed by atoms with Crippen LogP contribution >= 0.6 is 0 Å². The summed E-state index contributed by atoms with van der Waals surface area (Å²) in [6.45, 7) is 0.510. The number of benzene rings is 1. The van der Waals surface area contributed by atoms with Gasteiger partial charge >= 0.3 is 0 Å². The fraction of sp³-hybridized carbons (Fsp3) is 0.357. The molecule has 2 aliphatic rings. The molecular weight excluding hydrogens is 258 g/mol. The normalized spacial score (nSPS) is 24.6. The van der Waals surface area contributed by atoms with Gasteiger partial charge in [0, 0.05) is 19.3 Å². The zero-order valence-electron chi connectivity index (χ0n) is 11.1. The minimum atomic E-state index is -0.729. The Balaban J connectivity index is 1.73. The fourth-order valence-electron chi connectivity index (χ4n) is 2.66. The molecule has 1 aromatic rings. The van der Waals surface area contributed by atoms with Gasteiger partial charge in [0.1, 0.15) is 6.04 Å². The van der Waals surface area contributed by atoms with E-state index in [1.165, 1.54) is 7.05 Å². The van der Waals surface area contributed by atoms with Crippen molar-refractivity contribution >= 4 is 23.4 Å². The van der Waals surface area contributed by atoms with E-state index in [-0.39, 0.29) is 30.1 Å². The van der Waals surface area contributed by atoms with Gasteiger partial charge < -0.3 is 10.6 Å². The van der Waals surface area contributed by atoms with Crippen molar-refractivity contribution in [3.8, 4) is 0 Å². The van der Waals surface area contributed by atoms with Gasteiger partial charge in [-0.25, -0.2) is 0 Å². The molecule has 0 aliphatic carbocycles. The van der Waals surface area contributed by atoms with E-state index in [2.05, 4.69) is 10.6 Å². The number of carbonyl (C=O) groups is 3. The summed E-state index contributed by atoms with van der Waals surface area (Å²) >= 11 is 0. The zero-order chi connectivity index (χ0) is 14.3. The first-order valence-electron chi connectivity index (χ1n) is 6.51. The van der Waals surface area contributed by atoms with Crippen LogP contribution in [0.4, 0.5) is 5.69 Å². The number of anilines is 1. The number of hydrogen-bond donors (Lipinski definition) is 2. The maximum Gasteiger partial charge on any atom is 0.252 e. The molecule has 0 aromatic heterocycles. The molecule has 0 bridgehead atoms. The summed E-state index contributed by atoms with van der Waals surface area (Å²) in [6.07, 6.45) is 0.0445. The number of carbonyl (C=O) groups excluding carboxylic acids is 3. The summed E-state index contributed by atoms with van der Waals surface area (Å²) in [5.41, 5.74) is 1.87. The molecule has 104 valence electrons. The molecule has 3 rings (SSSR count). The Bertz CT molecular complexity index is 599. The van der Waals surface area contributed by atoms with Gasteiger partial charge in [0.25, 0.3) is 5.91 Å². The van der Waals surface area contributed by atoms with Gasteiger partial charge in [-0.1, -0.05) is 18.2 Å². The Labute approximate surface area is 116 Å². The van der Waals surface area contributed by atoms with Crippen molar-refractivity contribution in [1.82, 2.24) is 10.2 Å². The third kappa shape index (κ3) is 1.93. The average molecular weight is 273 g/mol. The lowest BCUT2D eigenvalue weighted by atomic mass is 10.00. The van der Waals surface area contributed by atoms with Gasteiger partial charge in [-0.05, 0) is 11.6 Å². The molecule has 2 N–H and O–H groups in total. The quantitative estimate of drug-likeness (QED) is 0.747. The SMILES string of the molecule is CN1C(=O)CC(NC(=O)C2CNc3ccccc32)C1=O. The lowest BCUT2D eigenvalue weighted by Crippen LogP contribution is -2.43. The number of imide groups is 1. The van der Waals surface area contributed by atoms with Crippen LogP contribution in [0.25, 0.3) is 0 Å². The molecular formula is C14H15N3O3. The lowest BCUT2D eigenvalue weighted by Gasteiger charge is -2.15. The van der Waals surface area contributed by atoms with E-state index in [4.69, 9.17) is 0 Å². The van der Waals surface area contributed by atoms with E-state index in [0.29, 0.717) is 6.54 Å². The summed E-state index contributed by atoms with van der Waals surface area (Å²) in [5.74, 6) is -1.14. The first kappa shape index (κ1) is 12.7. The number of para-hydroxylation sites is 1. The Morgan fingerprint density at radius 1 is 1.35 bits per heavy atom. The van der Waals surface area contributed by atoms with Crippen LogP contribution in [0.2, 0.25) is 0 Å². The molecule has 0 radical (unpaired) electrons. The predicted molar refractivity (Wildman–Crippen MR) is 72.0 cm³/mol. The van der Waals surface area contributed by atoms with Gasteiger partial charge in [0.15, 0.2) is 0 Å². The molecule has 3 amide bonds. The highest BCUT2D eigenvalue weighted by Gasteiger charge is 2.39. The topological polar surface area (TPSA) is 78.5 Å². The van der Waals surface area contributed by atoms with Gasteiger partial charge in [0.2, 0.25) is 11.8 Å². The smallest absolute Gasteiger partial charge is 0.252 e. The van der Waals surface area contributed by atoms with Crippen LogP contribution in [0.15, 0.2) is 24.3 Å². The van der Waals surface area contributed by atoms with Crippen molar-refractivity contribution in [2.75, 3.05) is 18.9 Å². The highest BCUT2D eigenvalue weighted by Crippen LogP contribution is 2.31. The summed E-state index contributed by atoms with van der Waals surface area (Å²) in [7, 11) is 1.43. The highest BCUT2D eigenvalue weighted by molar-refractivity contribution is 6.07. The van der Waals surface area contributed by atoms with Gasteiger partial charge in [-0.15, -0.1) is 0 Å². The number of nitrogens with one attached hydrogen (secondary N) is 2. The number of nitrogens with zero attached hydrogens (tertiary/aromatic N) is 1. The second kappa shape index (κ2) is 4.63. The lowest BCUT2D eigenvalue weighted by molar-refractivity contribution is -0.138. The first-order chi connectivity index (χ1) is 9.58. The summed E-state index contributed by atoms with van der Waals surface area (Å²) < 4.78 is 0. The van der Waals surface area contributed by atoms with Crippen molar-refractivity contribution in [2.45, 2.75) is 18.4 Å². The number of rotatable bonds is 2.